The van der Waals surface area contributed by atoms with Crippen molar-refractivity contribution in [3.63, 3.8) is 0 Å². The molecule has 2 aliphatic rings. The third-order valence-electron chi connectivity index (χ3n) is 5.52. The average Bonchev–Trinajstić information content (AvgIpc) is 2.74. The van der Waals surface area contributed by atoms with E-state index in [4.69, 9.17) is 32.7 Å². The second-order valence-electron chi connectivity index (χ2n) is 7.42. The fourth-order valence-corrected chi connectivity index (χ4v) is 4.49. The molecular formula is C22H24Cl2FNO4. The zero-order valence-corrected chi connectivity index (χ0v) is 18.4. The highest BCUT2D eigenvalue weighted by Crippen LogP contribution is 2.44. The normalized spacial score (nSPS) is 20.1. The van der Waals surface area contributed by atoms with Crippen molar-refractivity contribution in [2.24, 2.45) is 0 Å². The van der Waals surface area contributed by atoms with E-state index in [9.17, 15) is 14.0 Å². The number of carbonyl (C=O) groups is 2. The van der Waals surface area contributed by atoms with Crippen molar-refractivity contribution >= 4 is 35.1 Å². The Balaban J connectivity index is 2.11. The Morgan fingerprint density at radius 2 is 1.83 bits per heavy atom. The van der Waals surface area contributed by atoms with Crippen molar-refractivity contribution < 1.29 is 23.5 Å². The Labute approximate surface area is 185 Å². The molecule has 0 amide bonds. The van der Waals surface area contributed by atoms with E-state index in [1.807, 2.05) is 0 Å². The predicted molar refractivity (Wildman–Crippen MR) is 113 cm³/mol. The largest absolute Gasteiger partial charge is 0.466 e. The lowest BCUT2D eigenvalue weighted by Gasteiger charge is -2.32. The highest BCUT2D eigenvalue weighted by molar-refractivity contribution is 6.42. The minimum Gasteiger partial charge on any atom is -0.466 e. The number of benzene rings is 1. The molecule has 3 rings (SSSR count). The molecule has 30 heavy (non-hydrogen) atoms. The summed E-state index contributed by atoms with van der Waals surface area (Å²) in [6, 6.07) is 4.92. The molecule has 1 aromatic carbocycles. The fourth-order valence-electron chi connectivity index (χ4n) is 4.08. The highest BCUT2D eigenvalue weighted by atomic mass is 35.5. The molecule has 1 saturated carbocycles. The monoisotopic (exact) mass is 455 g/mol. The second-order valence-corrected chi connectivity index (χ2v) is 8.21. The molecule has 1 aliphatic carbocycles. The molecule has 0 saturated heterocycles. The van der Waals surface area contributed by atoms with Gasteiger partial charge in [-0.1, -0.05) is 41.8 Å². The van der Waals surface area contributed by atoms with Gasteiger partial charge in [0.25, 0.3) is 0 Å². The van der Waals surface area contributed by atoms with E-state index in [1.165, 1.54) is 7.11 Å². The van der Waals surface area contributed by atoms with Gasteiger partial charge >= 0.3 is 11.9 Å². The van der Waals surface area contributed by atoms with Crippen LogP contribution in [0.25, 0.3) is 0 Å². The molecule has 5 nitrogen and oxygen atoms in total. The minimum absolute atomic E-state index is 0.0228. The van der Waals surface area contributed by atoms with Gasteiger partial charge in [-0.25, -0.2) is 14.0 Å². The summed E-state index contributed by atoms with van der Waals surface area (Å²) >= 11 is 12.6. The molecule has 1 atom stereocenters. The first-order chi connectivity index (χ1) is 14.4. The van der Waals surface area contributed by atoms with Crippen molar-refractivity contribution in [2.45, 2.75) is 51.0 Å². The summed E-state index contributed by atoms with van der Waals surface area (Å²) in [4.78, 5) is 25.9. The number of carbonyl (C=O) groups excluding carboxylic acids is 2. The van der Waals surface area contributed by atoms with E-state index in [2.05, 4.69) is 5.32 Å². The molecule has 0 aromatic heterocycles. The SMILES string of the molecule is COC(=O)C1=C(CF)NC(C)=C(C(=O)OC2CCCCC2)C1c1cccc(Cl)c1Cl. The second kappa shape index (κ2) is 9.84. The van der Waals surface area contributed by atoms with Gasteiger partial charge < -0.3 is 14.8 Å². The number of halogens is 3. The van der Waals surface area contributed by atoms with Gasteiger partial charge in [0, 0.05) is 5.70 Å². The molecule has 0 bridgehead atoms. The van der Waals surface area contributed by atoms with Crippen molar-refractivity contribution in [3.05, 3.63) is 56.3 Å². The zero-order valence-electron chi connectivity index (χ0n) is 16.9. The van der Waals surface area contributed by atoms with E-state index in [1.54, 1.807) is 25.1 Å². The number of dihydropyridines is 1. The van der Waals surface area contributed by atoms with Crippen LogP contribution in [0.1, 0.15) is 50.5 Å². The summed E-state index contributed by atoms with van der Waals surface area (Å²) in [6.07, 6.45) is 4.52. The van der Waals surface area contributed by atoms with Crippen LogP contribution in [0.4, 0.5) is 4.39 Å². The van der Waals surface area contributed by atoms with E-state index < -0.39 is 24.5 Å². The van der Waals surface area contributed by atoms with Crippen LogP contribution in [0.5, 0.6) is 0 Å². The molecule has 0 radical (unpaired) electrons. The first kappa shape index (κ1) is 22.6. The number of hydrogen-bond donors (Lipinski definition) is 1. The van der Waals surface area contributed by atoms with Crippen LogP contribution in [0.2, 0.25) is 10.0 Å². The van der Waals surface area contributed by atoms with Gasteiger partial charge in [0.15, 0.2) is 0 Å². The quantitative estimate of drug-likeness (QED) is 0.615. The smallest absolute Gasteiger partial charge is 0.337 e. The van der Waals surface area contributed by atoms with Crippen molar-refractivity contribution in [1.82, 2.24) is 5.32 Å². The summed E-state index contributed by atoms with van der Waals surface area (Å²) in [5.41, 5.74) is 1.01. The number of nitrogens with one attached hydrogen (secondary N) is 1. The standard InChI is InChI=1S/C22H24Cl2FNO4/c1-12-17(22(28)30-13-7-4-3-5-8-13)18(14-9-6-10-15(23)20(14)24)19(21(27)29-2)16(11-25)26-12/h6,9-10,13,18,26H,3-5,7-8,11H2,1-2H3. The van der Waals surface area contributed by atoms with Gasteiger partial charge in [0.05, 0.1) is 39.9 Å². The number of esters is 2. The first-order valence-electron chi connectivity index (χ1n) is 9.89. The summed E-state index contributed by atoms with van der Waals surface area (Å²) in [5, 5.41) is 3.28. The molecule has 1 N–H and O–H groups in total. The summed E-state index contributed by atoms with van der Waals surface area (Å²) < 4.78 is 24.5. The Morgan fingerprint density at radius 3 is 2.47 bits per heavy atom. The predicted octanol–water partition coefficient (Wildman–Crippen LogP) is 5.23. The van der Waals surface area contributed by atoms with Crippen molar-refractivity contribution in [3.8, 4) is 0 Å². The maximum absolute atomic E-state index is 13.8. The fraction of sp³-hybridized carbons (Fsp3) is 0.455. The van der Waals surface area contributed by atoms with Crippen LogP contribution in [0.3, 0.4) is 0 Å². The van der Waals surface area contributed by atoms with Gasteiger partial charge in [-0.05, 0) is 44.2 Å². The van der Waals surface area contributed by atoms with Gasteiger partial charge in [-0.3, -0.25) is 0 Å². The number of ether oxygens (including phenoxy) is 2. The lowest BCUT2D eigenvalue weighted by atomic mass is 9.80. The first-order valence-corrected chi connectivity index (χ1v) is 10.6. The molecule has 1 fully saturated rings. The molecule has 1 aromatic rings. The Bertz CT molecular complexity index is 906. The molecule has 1 unspecified atom stereocenters. The highest BCUT2D eigenvalue weighted by Gasteiger charge is 2.40. The van der Waals surface area contributed by atoms with Crippen molar-refractivity contribution in [2.75, 3.05) is 13.8 Å². The molecular weight excluding hydrogens is 432 g/mol. The molecule has 162 valence electrons. The number of rotatable bonds is 5. The molecule has 8 heteroatoms. The van der Waals surface area contributed by atoms with Crippen LogP contribution < -0.4 is 5.32 Å². The summed E-state index contributed by atoms with van der Waals surface area (Å²) in [5.74, 6) is -2.29. The maximum Gasteiger partial charge on any atom is 0.337 e. The Hall–Kier alpha value is -2.05. The summed E-state index contributed by atoms with van der Waals surface area (Å²) in [6.45, 7) is 0.702. The van der Waals surface area contributed by atoms with Gasteiger partial charge in [0.2, 0.25) is 0 Å². The van der Waals surface area contributed by atoms with E-state index >= 15 is 0 Å². The third-order valence-corrected chi connectivity index (χ3v) is 6.36. The van der Waals surface area contributed by atoms with Crippen LogP contribution in [-0.4, -0.2) is 31.8 Å². The van der Waals surface area contributed by atoms with Crippen molar-refractivity contribution in [1.29, 1.82) is 0 Å². The van der Waals surface area contributed by atoms with Crippen LogP contribution in [0.15, 0.2) is 40.7 Å². The van der Waals surface area contributed by atoms with Crippen LogP contribution in [0, 0.1) is 0 Å². The van der Waals surface area contributed by atoms with E-state index in [0.29, 0.717) is 11.3 Å². The lowest BCUT2D eigenvalue weighted by molar-refractivity contribution is -0.146. The topological polar surface area (TPSA) is 64.6 Å². The lowest BCUT2D eigenvalue weighted by Crippen LogP contribution is -2.35. The maximum atomic E-state index is 13.8. The number of allylic oxidation sites excluding steroid dienone is 2. The number of alkyl halides is 1. The van der Waals surface area contributed by atoms with Gasteiger partial charge in [-0.15, -0.1) is 0 Å². The summed E-state index contributed by atoms with van der Waals surface area (Å²) in [7, 11) is 1.20. The number of methoxy groups -OCH3 is 1. The zero-order chi connectivity index (χ0) is 21.8. The minimum atomic E-state index is -0.966. The van der Waals surface area contributed by atoms with Crippen LogP contribution in [-0.2, 0) is 19.1 Å². The molecule has 1 heterocycles. The van der Waals surface area contributed by atoms with Crippen LogP contribution >= 0.6 is 23.2 Å². The Morgan fingerprint density at radius 1 is 1.13 bits per heavy atom. The van der Waals surface area contributed by atoms with Gasteiger partial charge in [-0.2, -0.15) is 0 Å². The van der Waals surface area contributed by atoms with Gasteiger partial charge in [0.1, 0.15) is 12.8 Å². The van der Waals surface area contributed by atoms with E-state index in [0.717, 1.165) is 32.1 Å². The average molecular weight is 456 g/mol. The number of hydrogen-bond acceptors (Lipinski definition) is 5. The Kier molecular flexibility index (Phi) is 7.42. The molecule has 1 aliphatic heterocycles. The molecule has 0 spiro atoms. The van der Waals surface area contributed by atoms with E-state index in [-0.39, 0.29) is 33.0 Å². The third kappa shape index (κ3) is 4.49.